The van der Waals surface area contributed by atoms with Crippen molar-refractivity contribution < 1.29 is 17.6 Å². The highest BCUT2D eigenvalue weighted by Crippen LogP contribution is 2.30. The van der Waals surface area contributed by atoms with Gasteiger partial charge in [0.15, 0.2) is 11.6 Å². The molecule has 1 aromatic carbocycles. The summed E-state index contributed by atoms with van der Waals surface area (Å²) < 4.78 is 54.3. The Balaban J connectivity index is 2.17. The first kappa shape index (κ1) is 18.3. The molecule has 0 bridgehead atoms. The van der Waals surface area contributed by atoms with E-state index in [0.717, 1.165) is 0 Å². The number of nitrogens with one attached hydrogen (secondary N) is 1. The summed E-state index contributed by atoms with van der Waals surface area (Å²) in [6.45, 7) is 7.38. The van der Waals surface area contributed by atoms with E-state index in [1.807, 2.05) is 20.8 Å². The molecule has 3 aromatic rings. The largest absolute Gasteiger partial charge is 0.396 e. The number of aryl methyl sites for hydroxylation is 1. The standard InChI is InChI=1S/C17H19F4N5/c1-8(2)9(3)26-16(24-15(25-26)7-17(19,20)21)11-5-13-14(6-12(11)18)23-10(4)22-13/h5-6,8-9H,7H2,1-4H3,(H,22,23). The molecule has 26 heavy (non-hydrogen) atoms. The fraction of sp³-hybridized carbons (Fsp3) is 0.471. The molecule has 1 unspecified atom stereocenters. The van der Waals surface area contributed by atoms with Crippen LogP contribution < -0.4 is 0 Å². The molecule has 1 atom stereocenters. The zero-order valence-corrected chi connectivity index (χ0v) is 14.8. The van der Waals surface area contributed by atoms with Crippen molar-refractivity contribution in [2.24, 2.45) is 5.92 Å². The highest BCUT2D eigenvalue weighted by atomic mass is 19.4. The van der Waals surface area contributed by atoms with Gasteiger partial charge in [-0.05, 0) is 25.8 Å². The highest BCUT2D eigenvalue weighted by molar-refractivity contribution is 5.81. The van der Waals surface area contributed by atoms with Crippen LogP contribution in [0.1, 0.15) is 38.5 Å². The minimum Gasteiger partial charge on any atom is -0.342 e. The molecule has 2 aromatic heterocycles. The average molecular weight is 369 g/mol. The predicted octanol–water partition coefficient (Wildman–Crippen LogP) is 4.59. The van der Waals surface area contributed by atoms with Gasteiger partial charge in [-0.25, -0.2) is 19.0 Å². The van der Waals surface area contributed by atoms with E-state index in [0.29, 0.717) is 16.9 Å². The number of fused-ring (bicyclic) bond motifs is 1. The highest BCUT2D eigenvalue weighted by Gasteiger charge is 2.32. The van der Waals surface area contributed by atoms with Crippen LogP contribution in [-0.4, -0.2) is 30.9 Å². The van der Waals surface area contributed by atoms with Gasteiger partial charge in [0.25, 0.3) is 0 Å². The lowest BCUT2D eigenvalue weighted by atomic mass is 10.1. The molecule has 5 nitrogen and oxygen atoms in total. The van der Waals surface area contributed by atoms with E-state index in [4.69, 9.17) is 0 Å². The lowest BCUT2D eigenvalue weighted by molar-refractivity contribution is -0.128. The van der Waals surface area contributed by atoms with Crippen molar-refractivity contribution in [2.45, 2.75) is 46.3 Å². The van der Waals surface area contributed by atoms with Crippen LogP contribution in [0, 0.1) is 18.7 Å². The lowest BCUT2D eigenvalue weighted by Crippen LogP contribution is -2.16. The summed E-state index contributed by atoms with van der Waals surface area (Å²) in [6.07, 6.45) is -5.70. The average Bonchev–Trinajstić information content (AvgIpc) is 3.05. The summed E-state index contributed by atoms with van der Waals surface area (Å²) in [5.74, 6) is -0.201. The van der Waals surface area contributed by atoms with Crippen LogP contribution in [0.5, 0.6) is 0 Å². The third kappa shape index (κ3) is 3.56. The smallest absolute Gasteiger partial charge is 0.342 e. The molecule has 0 spiro atoms. The number of imidazole rings is 1. The van der Waals surface area contributed by atoms with Crippen LogP contribution in [-0.2, 0) is 6.42 Å². The molecule has 140 valence electrons. The van der Waals surface area contributed by atoms with Gasteiger partial charge in [0, 0.05) is 6.07 Å². The number of benzene rings is 1. The van der Waals surface area contributed by atoms with Gasteiger partial charge in [0.2, 0.25) is 0 Å². The Morgan fingerprint density at radius 2 is 1.85 bits per heavy atom. The van der Waals surface area contributed by atoms with Crippen LogP contribution in [0.4, 0.5) is 17.6 Å². The van der Waals surface area contributed by atoms with E-state index in [1.54, 1.807) is 6.92 Å². The number of rotatable bonds is 4. The first-order chi connectivity index (χ1) is 12.0. The summed E-state index contributed by atoms with van der Waals surface area (Å²) in [6, 6.07) is 2.50. The molecular weight excluding hydrogens is 350 g/mol. The monoisotopic (exact) mass is 369 g/mol. The van der Waals surface area contributed by atoms with Gasteiger partial charge in [-0.3, -0.25) is 0 Å². The fourth-order valence-corrected chi connectivity index (χ4v) is 2.70. The third-order valence-corrected chi connectivity index (χ3v) is 4.31. The van der Waals surface area contributed by atoms with E-state index >= 15 is 0 Å². The number of aromatic nitrogens is 5. The summed E-state index contributed by atoms with van der Waals surface area (Å²) >= 11 is 0. The third-order valence-electron chi connectivity index (χ3n) is 4.31. The van der Waals surface area contributed by atoms with Crippen LogP contribution >= 0.6 is 0 Å². The van der Waals surface area contributed by atoms with Crippen molar-refractivity contribution in [1.29, 1.82) is 0 Å². The summed E-state index contributed by atoms with van der Waals surface area (Å²) in [4.78, 5) is 11.2. The van der Waals surface area contributed by atoms with E-state index < -0.39 is 18.4 Å². The maximum absolute atomic E-state index is 14.7. The maximum Gasteiger partial charge on any atom is 0.396 e. The van der Waals surface area contributed by atoms with Crippen molar-refractivity contribution in [2.75, 3.05) is 0 Å². The molecule has 0 amide bonds. The number of nitrogens with zero attached hydrogens (tertiary/aromatic N) is 4. The minimum atomic E-state index is -4.44. The molecular formula is C17H19F4N5. The molecule has 0 saturated heterocycles. The normalized spacial score (nSPS) is 13.7. The molecule has 2 heterocycles. The van der Waals surface area contributed by atoms with Gasteiger partial charge in [0.05, 0.1) is 22.6 Å². The Labute approximate surface area is 147 Å². The van der Waals surface area contributed by atoms with E-state index in [1.165, 1.54) is 16.8 Å². The van der Waals surface area contributed by atoms with Gasteiger partial charge in [-0.1, -0.05) is 13.8 Å². The number of alkyl halides is 3. The first-order valence-electron chi connectivity index (χ1n) is 8.23. The van der Waals surface area contributed by atoms with E-state index in [2.05, 4.69) is 20.1 Å². The summed E-state index contributed by atoms with van der Waals surface area (Å²) in [5, 5.41) is 4.01. The second-order valence-corrected chi connectivity index (χ2v) is 6.74. The van der Waals surface area contributed by atoms with Gasteiger partial charge >= 0.3 is 6.18 Å². The molecule has 0 aliphatic rings. The molecule has 0 aliphatic carbocycles. The Morgan fingerprint density at radius 1 is 1.15 bits per heavy atom. The number of hydrogen-bond acceptors (Lipinski definition) is 3. The van der Waals surface area contributed by atoms with Gasteiger partial charge in [0.1, 0.15) is 18.1 Å². The van der Waals surface area contributed by atoms with Gasteiger partial charge in [-0.2, -0.15) is 18.3 Å². The topological polar surface area (TPSA) is 59.4 Å². The van der Waals surface area contributed by atoms with Crippen LogP contribution in [0.3, 0.4) is 0 Å². The molecule has 9 heteroatoms. The molecule has 0 saturated carbocycles. The van der Waals surface area contributed by atoms with Crippen LogP contribution in [0.2, 0.25) is 0 Å². The minimum absolute atomic E-state index is 0.0745. The zero-order chi connectivity index (χ0) is 19.2. The predicted molar refractivity (Wildman–Crippen MR) is 89.1 cm³/mol. The quantitative estimate of drug-likeness (QED) is 0.684. The summed E-state index contributed by atoms with van der Waals surface area (Å²) in [7, 11) is 0. The van der Waals surface area contributed by atoms with Crippen molar-refractivity contribution in [3.63, 3.8) is 0 Å². The summed E-state index contributed by atoms with van der Waals surface area (Å²) in [5.41, 5.74) is 1.11. The molecule has 0 radical (unpaired) electrons. The zero-order valence-electron chi connectivity index (χ0n) is 14.8. The Kier molecular flexibility index (Phi) is 4.49. The number of halogens is 4. The molecule has 1 N–H and O–H groups in total. The molecule has 0 aliphatic heterocycles. The fourth-order valence-electron chi connectivity index (χ4n) is 2.70. The van der Waals surface area contributed by atoms with Crippen molar-refractivity contribution in [1.82, 2.24) is 24.7 Å². The lowest BCUT2D eigenvalue weighted by Gasteiger charge is -2.18. The van der Waals surface area contributed by atoms with Crippen molar-refractivity contribution >= 4 is 11.0 Å². The Bertz CT molecular complexity index is 939. The Morgan fingerprint density at radius 3 is 2.46 bits per heavy atom. The second kappa shape index (κ2) is 6.37. The Hall–Kier alpha value is -2.45. The van der Waals surface area contributed by atoms with E-state index in [-0.39, 0.29) is 29.2 Å². The first-order valence-corrected chi connectivity index (χ1v) is 8.23. The SMILES string of the molecule is Cc1nc2cc(-c3nc(CC(F)(F)F)nn3C(C)C(C)C)c(F)cc2[nH]1. The number of H-pyrrole nitrogens is 1. The van der Waals surface area contributed by atoms with Crippen molar-refractivity contribution in [3.05, 3.63) is 29.6 Å². The van der Waals surface area contributed by atoms with E-state index in [9.17, 15) is 17.6 Å². The van der Waals surface area contributed by atoms with Gasteiger partial charge < -0.3 is 4.98 Å². The maximum atomic E-state index is 14.7. The molecule has 0 fully saturated rings. The van der Waals surface area contributed by atoms with Crippen molar-refractivity contribution in [3.8, 4) is 11.4 Å². The number of hydrogen-bond donors (Lipinski definition) is 1. The van der Waals surface area contributed by atoms with Gasteiger partial charge in [-0.15, -0.1) is 0 Å². The molecule has 3 rings (SSSR count). The number of aromatic amines is 1. The van der Waals surface area contributed by atoms with Crippen LogP contribution in [0.15, 0.2) is 12.1 Å². The second-order valence-electron chi connectivity index (χ2n) is 6.74. The van der Waals surface area contributed by atoms with Crippen LogP contribution in [0.25, 0.3) is 22.4 Å².